The number of benzene rings is 4. The van der Waals surface area contributed by atoms with Gasteiger partial charge in [0.1, 0.15) is 0 Å². The smallest absolute Gasteiger partial charge is 0.292 e. The molecule has 0 radical (unpaired) electrons. The predicted octanol–water partition coefficient (Wildman–Crippen LogP) is 8.44. The minimum atomic E-state index is -4.31. The Morgan fingerprint density at radius 1 is 0.765 bits per heavy atom. The van der Waals surface area contributed by atoms with Gasteiger partial charge in [0.25, 0.3) is 0 Å². The summed E-state index contributed by atoms with van der Waals surface area (Å²) in [5.41, 5.74) is 2.69. The Hall–Kier alpha value is -3.11. The van der Waals surface area contributed by atoms with Gasteiger partial charge in [-0.1, -0.05) is 97.9 Å². The van der Waals surface area contributed by atoms with Crippen molar-refractivity contribution in [2.24, 2.45) is 0 Å². The maximum Gasteiger partial charge on any atom is 0.416 e. The molecule has 0 bridgehead atoms. The first-order valence-corrected chi connectivity index (χ1v) is 11.9. The van der Waals surface area contributed by atoms with Gasteiger partial charge < -0.3 is 0 Å². The summed E-state index contributed by atoms with van der Waals surface area (Å²) in [7, 11) is 0. The SMILES string of the molecule is CC[C@H](c1cccc2ccccc12)N(CCCc1cccc(C(F)(F)F)c1)Cc1ccccc1. The van der Waals surface area contributed by atoms with Crippen LogP contribution in [0.4, 0.5) is 13.2 Å². The summed E-state index contributed by atoms with van der Waals surface area (Å²) in [4.78, 5) is 2.48. The van der Waals surface area contributed by atoms with E-state index in [2.05, 4.69) is 78.6 Å². The molecule has 1 nitrogen and oxygen atoms in total. The molecule has 0 aromatic heterocycles. The quantitative estimate of drug-likeness (QED) is 0.242. The number of aryl methyl sites for hydroxylation is 1. The van der Waals surface area contributed by atoms with Crippen molar-refractivity contribution in [1.29, 1.82) is 0 Å². The van der Waals surface area contributed by atoms with Gasteiger partial charge >= 0.3 is 6.18 Å². The van der Waals surface area contributed by atoms with Crippen molar-refractivity contribution in [2.45, 2.75) is 44.9 Å². The first-order valence-electron chi connectivity index (χ1n) is 11.9. The predicted molar refractivity (Wildman–Crippen MR) is 134 cm³/mol. The highest BCUT2D eigenvalue weighted by molar-refractivity contribution is 5.86. The largest absolute Gasteiger partial charge is 0.416 e. The molecule has 4 aromatic carbocycles. The molecule has 0 fully saturated rings. The zero-order valence-electron chi connectivity index (χ0n) is 19.4. The minimum absolute atomic E-state index is 0.216. The highest BCUT2D eigenvalue weighted by Gasteiger charge is 2.30. The molecule has 4 aromatic rings. The lowest BCUT2D eigenvalue weighted by Gasteiger charge is -2.32. The maximum absolute atomic E-state index is 13.1. The summed E-state index contributed by atoms with van der Waals surface area (Å²) in [6, 6.07) is 31.2. The second kappa shape index (κ2) is 10.9. The Balaban J connectivity index is 1.57. The summed E-state index contributed by atoms with van der Waals surface area (Å²) in [6.07, 6.45) is -1.96. The average Bonchev–Trinajstić information content (AvgIpc) is 2.85. The number of fused-ring (bicyclic) bond motifs is 1. The summed E-state index contributed by atoms with van der Waals surface area (Å²) >= 11 is 0. The molecule has 176 valence electrons. The van der Waals surface area contributed by atoms with Gasteiger partial charge in [0.2, 0.25) is 0 Å². The van der Waals surface area contributed by atoms with Gasteiger partial charge in [-0.2, -0.15) is 13.2 Å². The minimum Gasteiger partial charge on any atom is -0.292 e. The third-order valence-corrected chi connectivity index (χ3v) is 6.40. The second-order valence-electron chi connectivity index (χ2n) is 8.75. The number of hydrogen-bond donors (Lipinski definition) is 0. The first kappa shape index (κ1) is 24.0. The van der Waals surface area contributed by atoms with E-state index in [1.807, 2.05) is 6.07 Å². The van der Waals surface area contributed by atoms with E-state index in [0.717, 1.165) is 37.6 Å². The van der Waals surface area contributed by atoms with Crippen LogP contribution in [0.5, 0.6) is 0 Å². The van der Waals surface area contributed by atoms with E-state index in [0.29, 0.717) is 6.42 Å². The van der Waals surface area contributed by atoms with Crippen molar-refractivity contribution in [1.82, 2.24) is 4.90 Å². The van der Waals surface area contributed by atoms with Crippen LogP contribution in [0, 0.1) is 0 Å². The highest BCUT2D eigenvalue weighted by atomic mass is 19.4. The van der Waals surface area contributed by atoms with Crippen molar-refractivity contribution in [3.05, 3.63) is 119 Å². The van der Waals surface area contributed by atoms with Gasteiger partial charge in [-0.05, 0) is 59.3 Å². The van der Waals surface area contributed by atoms with Gasteiger partial charge in [0, 0.05) is 12.6 Å². The molecule has 0 aliphatic heterocycles. The lowest BCUT2D eigenvalue weighted by atomic mass is 9.95. The van der Waals surface area contributed by atoms with Gasteiger partial charge in [-0.3, -0.25) is 4.90 Å². The normalized spacial score (nSPS) is 12.9. The number of halogens is 3. The van der Waals surface area contributed by atoms with Crippen LogP contribution < -0.4 is 0 Å². The fourth-order valence-corrected chi connectivity index (χ4v) is 4.77. The number of alkyl halides is 3. The van der Waals surface area contributed by atoms with E-state index < -0.39 is 11.7 Å². The Bertz CT molecular complexity index is 1200. The third kappa shape index (κ3) is 5.87. The van der Waals surface area contributed by atoms with Crippen LogP contribution >= 0.6 is 0 Å². The Kier molecular flexibility index (Phi) is 7.69. The summed E-state index contributed by atoms with van der Waals surface area (Å²) in [6.45, 7) is 3.80. The molecule has 4 heteroatoms. The molecule has 0 aliphatic carbocycles. The molecule has 4 rings (SSSR count). The maximum atomic E-state index is 13.1. The summed E-state index contributed by atoms with van der Waals surface area (Å²) < 4.78 is 39.4. The van der Waals surface area contributed by atoms with Crippen LogP contribution in [0.3, 0.4) is 0 Å². The molecular weight excluding hydrogens is 431 g/mol. The molecule has 0 spiro atoms. The van der Waals surface area contributed by atoms with E-state index >= 15 is 0 Å². The van der Waals surface area contributed by atoms with Crippen molar-refractivity contribution in [3.63, 3.8) is 0 Å². The number of rotatable bonds is 9. The molecular formula is C30H30F3N. The summed E-state index contributed by atoms with van der Waals surface area (Å²) in [5.74, 6) is 0. The topological polar surface area (TPSA) is 3.24 Å². The molecule has 0 amide bonds. The highest BCUT2D eigenvalue weighted by Crippen LogP contribution is 2.33. The molecule has 34 heavy (non-hydrogen) atoms. The van der Waals surface area contributed by atoms with E-state index in [4.69, 9.17) is 0 Å². The molecule has 0 heterocycles. The van der Waals surface area contributed by atoms with Crippen molar-refractivity contribution >= 4 is 10.8 Å². The van der Waals surface area contributed by atoms with E-state index in [9.17, 15) is 13.2 Å². The molecule has 0 aliphatic rings. The molecule has 0 saturated carbocycles. The van der Waals surface area contributed by atoms with E-state index in [1.54, 1.807) is 6.07 Å². The lowest BCUT2D eigenvalue weighted by molar-refractivity contribution is -0.137. The van der Waals surface area contributed by atoms with Crippen LogP contribution in [0.15, 0.2) is 97.1 Å². The van der Waals surface area contributed by atoms with Crippen LogP contribution in [0.2, 0.25) is 0 Å². The standard InChI is InChI=1S/C30H30F3N/c1-2-29(28-19-9-16-25-15-6-7-18-27(25)28)34(22-24-11-4-3-5-12-24)20-10-14-23-13-8-17-26(21-23)30(31,32)33/h3-9,11-13,15-19,21,29H,2,10,14,20,22H2,1H3/t29-/m1/s1. The van der Waals surface area contributed by atoms with Crippen LogP contribution in [0.1, 0.15) is 48.1 Å². The van der Waals surface area contributed by atoms with Gasteiger partial charge in [0.15, 0.2) is 0 Å². The Labute approximate surface area is 199 Å². The zero-order chi connectivity index (χ0) is 24.0. The second-order valence-corrected chi connectivity index (χ2v) is 8.75. The van der Waals surface area contributed by atoms with Gasteiger partial charge in [-0.25, -0.2) is 0 Å². The Morgan fingerprint density at radius 2 is 1.44 bits per heavy atom. The molecule has 0 N–H and O–H groups in total. The average molecular weight is 462 g/mol. The first-order chi connectivity index (χ1) is 16.5. The lowest BCUT2D eigenvalue weighted by Crippen LogP contribution is -2.29. The van der Waals surface area contributed by atoms with E-state index in [-0.39, 0.29) is 6.04 Å². The van der Waals surface area contributed by atoms with Crippen molar-refractivity contribution in [2.75, 3.05) is 6.54 Å². The van der Waals surface area contributed by atoms with Gasteiger partial charge in [-0.15, -0.1) is 0 Å². The molecule has 0 saturated heterocycles. The number of nitrogens with zero attached hydrogens (tertiary/aromatic N) is 1. The Morgan fingerprint density at radius 3 is 2.21 bits per heavy atom. The van der Waals surface area contributed by atoms with Crippen molar-refractivity contribution in [3.8, 4) is 0 Å². The van der Waals surface area contributed by atoms with Gasteiger partial charge in [0.05, 0.1) is 5.56 Å². The fraction of sp³-hybridized carbons (Fsp3) is 0.267. The molecule has 0 unspecified atom stereocenters. The van der Waals surface area contributed by atoms with Crippen LogP contribution in [-0.4, -0.2) is 11.4 Å². The number of hydrogen-bond acceptors (Lipinski definition) is 1. The fourth-order valence-electron chi connectivity index (χ4n) is 4.77. The zero-order valence-corrected chi connectivity index (χ0v) is 19.4. The van der Waals surface area contributed by atoms with Crippen LogP contribution in [0.25, 0.3) is 10.8 Å². The van der Waals surface area contributed by atoms with Crippen molar-refractivity contribution < 1.29 is 13.2 Å². The van der Waals surface area contributed by atoms with E-state index in [1.165, 1.54) is 34.0 Å². The van der Waals surface area contributed by atoms with Crippen LogP contribution in [-0.2, 0) is 19.1 Å². The monoisotopic (exact) mass is 461 g/mol. The molecule has 1 atom stereocenters. The third-order valence-electron chi connectivity index (χ3n) is 6.40. The summed E-state index contributed by atoms with van der Waals surface area (Å²) in [5, 5.41) is 2.48.